The van der Waals surface area contributed by atoms with E-state index in [4.69, 9.17) is 0 Å². The molecule has 2 aromatic carbocycles. The van der Waals surface area contributed by atoms with Gasteiger partial charge in [0.05, 0.1) is 21.7 Å². The fourth-order valence-electron chi connectivity index (χ4n) is 3.37. The summed E-state index contributed by atoms with van der Waals surface area (Å²) in [5.41, 5.74) is 2.52. The molecular formula is C23H26N4O3S. The van der Waals surface area contributed by atoms with Crippen LogP contribution in [0.25, 0.3) is 10.9 Å². The molecule has 0 aliphatic heterocycles. The Kier molecular flexibility index (Phi) is 6.37. The van der Waals surface area contributed by atoms with Gasteiger partial charge in [-0.05, 0) is 49.1 Å². The lowest BCUT2D eigenvalue weighted by Crippen LogP contribution is -2.28. The summed E-state index contributed by atoms with van der Waals surface area (Å²) < 4.78 is 28.7. The molecule has 162 valence electrons. The highest BCUT2D eigenvalue weighted by atomic mass is 32.2. The van der Waals surface area contributed by atoms with Crippen molar-refractivity contribution in [2.24, 2.45) is 5.92 Å². The van der Waals surface area contributed by atoms with Crippen LogP contribution in [0.1, 0.15) is 41.8 Å². The molecule has 1 heterocycles. The van der Waals surface area contributed by atoms with E-state index in [9.17, 15) is 18.5 Å². The Labute approximate surface area is 182 Å². The smallest absolute Gasteiger partial charge is 0.261 e. The van der Waals surface area contributed by atoms with E-state index < -0.39 is 10.0 Å². The van der Waals surface area contributed by atoms with Crippen LogP contribution < -0.4 is 4.72 Å². The molecule has 0 aliphatic carbocycles. The van der Waals surface area contributed by atoms with Crippen LogP contribution in [0.3, 0.4) is 0 Å². The van der Waals surface area contributed by atoms with Crippen LogP contribution in [0.15, 0.2) is 47.5 Å². The standard InChI is InChI=1S/C23H26N4O3S/c1-15(2)10-11-27(4)23(28)17-6-5-7-19(12-17)31(29,30)26-20-9-8-16(3)21-18(13-24)14-25-22(20)21/h5-9,12,14-15,25-26H,10-11H2,1-4H3. The lowest BCUT2D eigenvalue weighted by Gasteiger charge is -2.19. The molecule has 0 fully saturated rings. The van der Waals surface area contributed by atoms with E-state index in [1.807, 2.05) is 6.92 Å². The molecule has 3 rings (SSSR count). The second-order valence-electron chi connectivity index (χ2n) is 8.04. The van der Waals surface area contributed by atoms with Gasteiger partial charge in [-0.3, -0.25) is 9.52 Å². The lowest BCUT2D eigenvalue weighted by atomic mass is 10.1. The molecule has 1 amide bonds. The quantitative estimate of drug-likeness (QED) is 0.574. The van der Waals surface area contributed by atoms with Crippen molar-refractivity contribution in [1.29, 1.82) is 5.26 Å². The van der Waals surface area contributed by atoms with Gasteiger partial charge in [0.2, 0.25) is 0 Å². The molecule has 2 N–H and O–H groups in total. The first-order chi connectivity index (χ1) is 14.6. The van der Waals surface area contributed by atoms with Crippen molar-refractivity contribution in [3.8, 4) is 6.07 Å². The summed E-state index contributed by atoms with van der Waals surface area (Å²) in [6, 6.07) is 11.5. The highest BCUT2D eigenvalue weighted by molar-refractivity contribution is 7.92. The van der Waals surface area contributed by atoms with Crippen LogP contribution in [0, 0.1) is 24.2 Å². The SMILES string of the molecule is Cc1ccc(NS(=O)(=O)c2cccc(C(=O)N(C)CCC(C)C)c2)c2[nH]cc(C#N)c12. The van der Waals surface area contributed by atoms with E-state index in [0.29, 0.717) is 40.2 Å². The van der Waals surface area contributed by atoms with Gasteiger partial charge in [0.25, 0.3) is 15.9 Å². The molecule has 0 saturated carbocycles. The first kappa shape index (κ1) is 22.4. The number of nitrogens with one attached hydrogen (secondary N) is 2. The van der Waals surface area contributed by atoms with Crippen molar-refractivity contribution in [3.63, 3.8) is 0 Å². The van der Waals surface area contributed by atoms with E-state index in [-0.39, 0.29) is 10.8 Å². The Morgan fingerprint density at radius 1 is 1.26 bits per heavy atom. The molecule has 0 spiro atoms. The molecule has 0 unspecified atom stereocenters. The summed E-state index contributed by atoms with van der Waals surface area (Å²) in [7, 11) is -2.23. The number of H-pyrrole nitrogens is 1. The molecule has 1 aromatic heterocycles. The summed E-state index contributed by atoms with van der Waals surface area (Å²) in [6.07, 6.45) is 2.42. The van der Waals surface area contributed by atoms with Gasteiger partial charge < -0.3 is 9.88 Å². The Bertz CT molecular complexity index is 1270. The number of benzene rings is 2. The van der Waals surface area contributed by atoms with Gasteiger partial charge in [-0.25, -0.2) is 8.42 Å². The maximum absolute atomic E-state index is 13.1. The second kappa shape index (κ2) is 8.82. The highest BCUT2D eigenvalue weighted by Gasteiger charge is 2.20. The average Bonchev–Trinajstić information content (AvgIpc) is 3.19. The number of aromatic nitrogens is 1. The van der Waals surface area contributed by atoms with E-state index in [2.05, 4.69) is 29.6 Å². The highest BCUT2D eigenvalue weighted by Crippen LogP contribution is 2.30. The monoisotopic (exact) mass is 438 g/mol. The number of aryl methyl sites for hydroxylation is 1. The Morgan fingerprint density at radius 3 is 2.68 bits per heavy atom. The second-order valence-corrected chi connectivity index (χ2v) is 9.72. The number of nitriles is 1. The lowest BCUT2D eigenvalue weighted by molar-refractivity contribution is 0.0789. The molecule has 0 aliphatic rings. The van der Waals surface area contributed by atoms with E-state index >= 15 is 0 Å². The van der Waals surface area contributed by atoms with Gasteiger partial charge in [-0.15, -0.1) is 0 Å². The Hall–Kier alpha value is -3.31. The molecule has 0 radical (unpaired) electrons. The van der Waals surface area contributed by atoms with Crippen molar-refractivity contribution >= 4 is 32.5 Å². The number of hydrogen-bond donors (Lipinski definition) is 2. The fourth-order valence-corrected chi connectivity index (χ4v) is 4.48. The topological polar surface area (TPSA) is 106 Å². The third-order valence-electron chi connectivity index (χ3n) is 5.19. The minimum Gasteiger partial charge on any atom is -0.358 e. The number of fused-ring (bicyclic) bond motifs is 1. The normalized spacial score (nSPS) is 11.5. The molecule has 3 aromatic rings. The number of amides is 1. The zero-order chi connectivity index (χ0) is 22.8. The van der Waals surface area contributed by atoms with Crippen LogP contribution >= 0.6 is 0 Å². The molecule has 8 heteroatoms. The van der Waals surface area contributed by atoms with Crippen molar-refractivity contribution in [3.05, 3.63) is 59.3 Å². The summed E-state index contributed by atoms with van der Waals surface area (Å²) in [5, 5.41) is 9.98. The van der Waals surface area contributed by atoms with E-state index in [0.717, 1.165) is 12.0 Å². The fraction of sp³-hybridized carbons (Fsp3) is 0.304. The molecule has 7 nitrogen and oxygen atoms in total. The molecule has 0 atom stereocenters. The number of carbonyl (C=O) groups is 1. The van der Waals surface area contributed by atoms with E-state index in [1.165, 1.54) is 12.1 Å². The first-order valence-electron chi connectivity index (χ1n) is 10.0. The van der Waals surface area contributed by atoms with Gasteiger partial charge in [-0.1, -0.05) is 26.0 Å². The Morgan fingerprint density at radius 2 is 2.00 bits per heavy atom. The number of hydrogen-bond acceptors (Lipinski definition) is 4. The summed E-state index contributed by atoms with van der Waals surface area (Å²) in [5.74, 6) is 0.241. The maximum atomic E-state index is 13.1. The third kappa shape index (κ3) is 4.72. The minimum absolute atomic E-state index is 0.00334. The predicted octanol–water partition coefficient (Wildman–Crippen LogP) is 4.27. The van der Waals surface area contributed by atoms with Crippen molar-refractivity contribution < 1.29 is 13.2 Å². The zero-order valence-corrected chi connectivity index (χ0v) is 18.9. The number of rotatable bonds is 7. The molecular weight excluding hydrogens is 412 g/mol. The van der Waals surface area contributed by atoms with Gasteiger partial charge in [-0.2, -0.15) is 5.26 Å². The van der Waals surface area contributed by atoms with Gasteiger partial charge in [0.15, 0.2) is 0 Å². The number of anilines is 1. The average molecular weight is 439 g/mol. The van der Waals surface area contributed by atoms with Crippen molar-refractivity contribution in [1.82, 2.24) is 9.88 Å². The number of sulfonamides is 1. The number of nitrogens with zero attached hydrogens (tertiary/aromatic N) is 2. The summed E-state index contributed by atoms with van der Waals surface area (Å²) >= 11 is 0. The first-order valence-corrected chi connectivity index (χ1v) is 11.5. The summed E-state index contributed by atoms with van der Waals surface area (Å²) in [4.78, 5) is 17.3. The van der Waals surface area contributed by atoms with Gasteiger partial charge in [0.1, 0.15) is 6.07 Å². The molecule has 0 saturated heterocycles. The van der Waals surface area contributed by atoms with E-state index in [1.54, 1.807) is 42.4 Å². The van der Waals surface area contributed by atoms with Crippen LogP contribution in [0.2, 0.25) is 0 Å². The Balaban J connectivity index is 1.90. The van der Waals surface area contributed by atoms with Gasteiger partial charge in [0, 0.05) is 30.7 Å². The third-order valence-corrected chi connectivity index (χ3v) is 6.55. The molecule has 0 bridgehead atoms. The largest absolute Gasteiger partial charge is 0.358 e. The maximum Gasteiger partial charge on any atom is 0.261 e. The van der Waals surface area contributed by atoms with Crippen molar-refractivity contribution in [2.75, 3.05) is 18.3 Å². The van der Waals surface area contributed by atoms with Crippen LogP contribution in [-0.4, -0.2) is 37.8 Å². The van der Waals surface area contributed by atoms with Gasteiger partial charge >= 0.3 is 0 Å². The number of aromatic amines is 1. The van der Waals surface area contributed by atoms with Crippen LogP contribution in [0.4, 0.5) is 5.69 Å². The predicted molar refractivity (Wildman–Crippen MR) is 121 cm³/mol. The minimum atomic E-state index is -3.95. The van der Waals surface area contributed by atoms with Crippen LogP contribution in [0.5, 0.6) is 0 Å². The van der Waals surface area contributed by atoms with Crippen molar-refractivity contribution in [2.45, 2.75) is 32.1 Å². The summed E-state index contributed by atoms with van der Waals surface area (Å²) in [6.45, 7) is 6.63. The zero-order valence-electron chi connectivity index (χ0n) is 18.1. The molecule has 31 heavy (non-hydrogen) atoms. The van der Waals surface area contributed by atoms with Crippen LogP contribution in [-0.2, 0) is 10.0 Å². The number of carbonyl (C=O) groups excluding carboxylic acids is 1.